The number of rotatable bonds is 2. The van der Waals surface area contributed by atoms with Gasteiger partial charge in [0.15, 0.2) is 0 Å². The van der Waals surface area contributed by atoms with Crippen molar-refractivity contribution in [3.63, 3.8) is 0 Å². The predicted octanol–water partition coefficient (Wildman–Crippen LogP) is 2.94. The SMILES string of the molecule is O=C(O)Cc1c2c(c(Cl)c3c1CCC3)CCC2. The minimum atomic E-state index is -0.726. The maximum atomic E-state index is 11.0. The smallest absolute Gasteiger partial charge is 0.307 e. The quantitative estimate of drug-likeness (QED) is 0.876. The van der Waals surface area contributed by atoms with Crippen LogP contribution in [0.5, 0.6) is 0 Å². The molecule has 0 fully saturated rings. The van der Waals surface area contributed by atoms with Gasteiger partial charge in [0.1, 0.15) is 0 Å². The first kappa shape index (κ1) is 11.1. The van der Waals surface area contributed by atoms with Crippen molar-refractivity contribution >= 4 is 17.6 Å². The third-order valence-corrected chi connectivity index (χ3v) is 4.48. The summed E-state index contributed by atoms with van der Waals surface area (Å²) in [5, 5.41) is 10.0. The van der Waals surface area contributed by atoms with E-state index in [1.807, 2.05) is 0 Å². The van der Waals surface area contributed by atoms with E-state index in [2.05, 4.69) is 0 Å². The number of hydrogen-bond donors (Lipinski definition) is 1. The molecule has 0 saturated carbocycles. The van der Waals surface area contributed by atoms with Gasteiger partial charge in [0, 0.05) is 5.02 Å². The van der Waals surface area contributed by atoms with Gasteiger partial charge in [-0.1, -0.05) is 11.6 Å². The van der Waals surface area contributed by atoms with Crippen molar-refractivity contribution in [3.05, 3.63) is 32.8 Å². The molecule has 1 aromatic carbocycles. The molecule has 90 valence electrons. The minimum Gasteiger partial charge on any atom is -0.481 e. The maximum Gasteiger partial charge on any atom is 0.307 e. The van der Waals surface area contributed by atoms with Crippen LogP contribution in [-0.2, 0) is 36.9 Å². The van der Waals surface area contributed by atoms with Crippen LogP contribution in [0.15, 0.2) is 0 Å². The molecule has 2 nitrogen and oxygen atoms in total. The zero-order valence-electron chi connectivity index (χ0n) is 9.68. The summed E-state index contributed by atoms with van der Waals surface area (Å²) in [5.74, 6) is -0.726. The molecule has 0 aliphatic heterocycles. The van der Waals surface area contributed by atoms with Crippen LogP contribution in [0.3, 0.4) is 0 Å². The summed E-state index contributed by atoms with van der Waals surface area (Å²) < 4.78 is 0. The lowest BCUT2D eigenvalue weighted by Crippen LogP contribution is -2.08. The van der Waals surface area contributed by atoms with Crippen LogP contribution in [0, 0.1) is 0 Å². The summed E-state index contributed by atoms with van der Waals surface area (Å²) in [6.45, 7) is 0. The van der Waals surface area contributed by atoms with Gasteiger partial charge in [-0.15, -0.1) is 0 Å². The largest absolute Gasteiger partial charge is 0.481 e. The van der Waals surface area contributed by atoms with Gasteiger partial charge in [0.05, 0.1) is 6.42 Å². The number of carboxylic acid groups (broad SMARTS) is 1. The molecule has 1 aromatic rings. The van der Waals surface area contributed by atoms with Crippen molar-refractivity contribution in [1.29, 1.82) is 0 Å². The van der Waals surface area contributed by atoms with E-state index in [4.69, 9.17) is 16.7 Å². The van der Waals surface area contributed by atoms with E-state index in [1.54, 1.807) is 0 Å². The van der Waals surface area contributed by atoms with Crippen LogP contribution < -0.4 is 0 Å². The van der Waals surface area contributed by atoms with Crippen LogP contribution >= 0.6 is 11.6 Å². The van der Waals surface area contributed by atoms with E-state index in [0.29, 0.717) is 0 Å². The van der Waals surface area contributed by atoms with E-state index in [9.17, 15) is 4.79 Å². The zero-order valence-corrected chi connectivity index (χ0v) is 10.4. The zero-order chi connectivity index (χ0) is 12.0. The van der Waals surface area contributed by atoms with Crippen molar-refractivity contribution in [2.45, 2.75) is 44.9 Å². The number of carbonyl (C=O) groups is 1. The lowest BCUT2D eigenvalue weighted by Gasteiger charge is -2.15. The Morgan fingerprint density at radius 3 is 1.94 bits per heavy atom. The Kier molecular flexibility index (Phi) is 2.62. The standard InChI is InChI=1S/C14H15ClO2/c15-14-10-5-1-3-8(10)12(7-13(16)17)9-4-2-6-11(9)14/h1-7H2,(H,16,17). The van der Waals surface area contributed by atoms with Crippen molar-refractivity contribution in [1.82, 2.24) is 0 Å². The first-order valence-corrected chi connectivity index (χ1v) is 6.62. The Morgan fingerprint density at radius 1 is 1.00 bits per heavy atom. The summed E-state index contributed by atoms with van der Waals surface area (Å²) in [6.07, 6.45) is 6.45. The Balaban J connectivity index is 2.22. The molecular formula is C14H15ClO2. The fourth-order valence-electron chi connectivity index (χ4n) is 3.37. The predicted molar refractivity (Wildman–Crippen MR) is 66.8 cm³/mol. The molecule has 0 radical (unpaired) electrons. The van der Waals surface area contributed by atoms with Gasteiger partial charge in [-0.2, -0.15) is 0 Å². The fraction of sp³-hybridized carbons (Fsp3) is 0.500. The Morgan fingerprint density at radius 2 is 1.47 bits per heavy atom. The second-order valence-electron chi connectivity index (χ2n) is 4.98. The van der Waals surface area contributed by atoms with Crippen molar-refractivity contribution < 1.29 is 9.90 Å². The molecule has 2 aliphatic carbocycles. The molecule has 0 atom stereocenters. The highest BCUT2D eigenvalue weighted by Gasteiger charge is 2.28. The highest BCUT2D eigenvalue weighted by atomic mass is 35.5. The van der Waals surface area contributed by atoms with Crippen molar-refractivity contribution in [2.75, 3.05) is 0 Å². The molecule has 0 bridgehead atoms. The summed E-state index contributed by atoms with van der Waals surface area (Å²) in [5.41, 5.74) is 6.06. The highest BCUT2D eigenvalue weighted by molar-refractivity contribution is 6.32. The molecule has 17 heavy (non-hydrogen) atoms. The first-order chi connectivity index (χ1) is 8.18. The molecular weight excluding hydrogens is 236 g/mol. The number of hydrogen-bond acceptors (Lipinski definition) is 1. The number of benzene rings is 1. The van der Waals surface area contributed by atoms with Gasteiger partial charge in [-0.05, 0) is 66.3 Å². The second kappa shape index (κ2) is 4.02. The lowest BCUT2D eigenvalue weighted by molar-refractivity contribution is -0.136. The molecule has 0 amide bonds. The van der Waals surface area contributed by atoms with Gasteiger partial charge < -0.3 is 5.11 Å². The highest BCUT2D eigenvalue weighted by Crippen LogP contribution is 2.41. The van der Waals surface area contributed by atoms with E-state index >= 15 is 0 Å². The van der Waals surface area contributed by atoms with Crippen LogP contribution in [0.1, 0.15) is 40.7 Å². The Bertz CT molecular complexity index is 470. The van der Waals surface area contributed by atoms with E-state index in [0.717, 1.165) is 49.1 Å². The Hall–Kier alpha value is -1.02. The van der Waals surface area contributed by atoms with Gasteiger partial charge in [-0.25, -0.2) is 0 Å². The van der Waals surface area contributed by atoms with Crippen LogP contribution in [0.25, 0.3) is 0 Å². The minimum absolute atomic E-state index is 0.168. The molecule has 3 rings (SSSR count). The normalized spacial score (nSPS) is 17.0. The van der Waals surface area contributed by atoms with Gasteiger partial charge in [-0.3, -0.25) is 4.79 Å². The summed E-state index contributed by atoms with van der Waals surface area (Å²) >= 11 is 6.46. The number of halogens is 1. The number of carboxylic acids is 1. The molecule has 3 heteroatoms. The molecule has 0 spiro atoms. The van der Waals surface area contributed by atoms with Crippen LogP contribution in [0.4, 0.5) is 0 Å². The first-order valence-electron chi connectivity index (χ1n) is 6.24. The van der Waals surface area contributed by atoms with Gasteiger partial charge in [0.2, 0.25) is 0 Å². The molecule has 0 unspecified atom stereocenters. The number of fused-ring (bicyclic) bond motifs is 2. The van der Waals surface area contributed by atoms with E-state index in [1.165, 1.54) is 22.3 Å². The molecule has 0 saturated heterocycles. The average Bonchev–Trinajstić information content (AvgIpc) is 2.92. The van der Waals surface area contributed by atoms with Gasteiger partial charge in [0.25, 0.3) is 0 Å². The molecule has 0 heterocycles. The monoisotopic (exact) mass is 250 g/mol. The van der Waals surface area contributed by atoms with Crippen LogP contribution in [-0.4, -0.2) is 11.1 Å². The molecule has 0 aromatic heterocycles. The maximum absolute atomic E-state index is 11.0. The van der Waals surface area contributed by atoms with Crippen LogP contribution in [0.2, 0.25) is 5.02 Å². The summed E-state index contributed by atoms with van der Waals surface area (Å²) in [6, 6.07) is 0. The molecule has 1 N–H and O–H groups in total. The van der Waals surface area contributed by atoms with Crippen molar-refractivity contribution in [2.24, 2.45) is 0 Å². The summed E-state index contributed by atoms with van der Waals surface area (Å²) in [7, 11) is 0. The third-order valence-electron chi connectivity index (χ3n) is 4.02. The van der Waals surface area contributed by atoms with E-state index in [-0.39, 0.29) is 6.42 Å². The average molecular weight is 251 g/mol. The lowest BCUT2D eigenvalue weighted by atomic mass is 9.92. The third kappa shape index (κ3) is 1.66. The fourth-order valence-corrected chi connectivity index (χ4v) is 3.78. The topological polar surface area (TPSA) is 37.3 Å². The number of aliphatic carboxylic acids is 1. The van der Waals surface area contributed by atoms with E-state index < -0.39 is 5.97 Å². The second-order valence-corrected chi connectivity index (χ2v) is 5.36. The molecule has 2 aliphatic rings. The van der Waals surface area contributed by atoms with Gasteiger partial charge >= 0.3 is 5.97 Å². The Labute approximate surface area is 106 Å². The summed E-state index contributed by atoms with van der Waals surface area (Å²) in [4.78, 5) is 11.0. The van der Waals surface area contributed by atoms with Crippen molar-refractivity contribution in [3.8, 4) is 0 Å².